The van der Waals surface area contributed by atoms with E-state index in [-0.39, 0.29) is 12.4 Å². The van der Waals surface area contributed by atoms with Crippen LogP contribution >= 0.6 is 24.0 Å². The maximum Gasteiger partial charge on any atom is 0.328 e. The average molecular weight is 292 g/mol. The summed E-state index contributed by atoms with van der Waals surface area (Å²) < 4.78 is 5.24. The van der Waals surface area contributed by atoms with Crippen molar-refractivity contribution in [1.29, 1.82) is 0 Å². The van der Waals surface area contributed by atoms with Crippen LogP contribution in [0.4, 0.5) is 0 Å². The van der Waals surface area contributed by atoms with Crippen molar-refractivity contribution < 1.29 is 9.53 Å². The van der Waals surface area contributed by atoms with Crippen LogP contribution < -0.4 is 10.5 Å². The number of halogens is 2. The number of rotatable bonds is 4. The van der Waals surface area contributed by atoms with Crippen LogP contribution in [0.25, 0.3) is 0 Å². The van der Waals surface area contributed by atoms with Crippen molar-refractivity contribution in [2.24, 2.45) is 11.7 Å². The van der Waals surface area contributed by atoms with E-state index in [1.807, 2.05) is 20.8 Å². The van der Waals surface area contributed by atoms with Gasteiger partial charge in [-0.1, -0.05) is 25.4 Å². The van der Waals surface area contributed by atoms with Crippen LogP contribution in [0.1, 0.15) is 25.8 Å². The molecular weight excluding hydrogens is 273 g/mol. The SMILES string of the molecule is Cc1cc(Cl)ccc1OC(=O)[C@@H](N)CC(C)C.Cl. The third kappa shape index (κ3) is 5.25. The summed E-state index contributed by atoms with van der Waals surface area (Å²) in [4.78, 5) is 11.7. The zero-order chi connectivity index (χ0) is 13.0. The van der Waals surface area contributed by atoms with E-state index in [1.165, 1.54) is 0 Å². The van der Waals surface area contributed by atoms with Crippen molar-refractivity contribution in [2.75, 3.05) is 0 Å². The highest BCUT2D eigenvalue weighted by atomic mass is 35.5. The lowest BCUT2D eigenvalue weighted by molar-refractivity contribution is -0.136. The highest BCUT2D eigenvalue weighted by molar-refractivity contribution is 6.30. The fraction of sp³-hybridized carbons (Fsp3) is 0.462. The molecule has 1 aromatic carbocycles. The lowest BCUT2D eigenvalue weighted by Crippen LogP contribution is -2.35. The zero-order valence-electron chi connectivity index (χ0n) is 10.8. The quantitative estimate of drug-likeness (QED) is 0.684. The van der Waals surface area contributed by atoms with Crippen LogP contribution in [-0.4, -0.2) is 12.0 Å². The average Bonchev–Trinajstić information content (AvgIpc) is 2.21. The van der Waals surface area contributed by atoms with E-state index < -0.39 is 12.0 Å². The van der Waals surface area contributed by atoms with Crippen molar-refractivity contribution in [3.8, 4) is 5.75 Å². The molecule has 1 rings (SSSR count). The van der Waals surface area contributed by atoms with Gasteiger partial charge in [-0.2, -0.15) is 0 Å². The van der Waals surface area contributed by atoms with E-state index >= 15 is 0 Å². The Kier molecular flexibility index (Phi) is 7.29. The van der Waals surface area contributed by atoms with E-state index in [4.69, 9.17) is 22.1 Å². The number of nitrogens with two attached hydrogens (primary N) is 1. The lowest BCUT2D eigenvalue weighted by Gasteiger charge is -2.14. The molecule has 0 aliphatic rings. The number of benzene rings is 1. The number of esters is 1. The second-order valence-corrected chi connectivity index (χ2v) is 5.00. The van der Waals surface area contributed by atoms with E-state index in [0.29, 0.717) is 23.1 Å². The molecule has 0 amide bonds. The molecule has 0 heterocycles. The van der Waals surface area contributed by atoms with Gasteiger partial charge in [-0.3, -0.25) is 0 Å². The van der Waals surface area contributed by atoms with Gasteiger partial charge in [0.15, 0.2) is 0 Å². The summed E-state index contributed by atoms with van der Waals surface area (Å²) in [6.07, 6.45) is 0.617. The van der Waals surface area contributed by atoms with Crippen LogP contribution in [0.15, 0.2) is 18.2 Å². The molecule has 3 nitrogen and oxygen atoms in total. The zero-order valence-corrected chi connectivity index (χ0v) is 12.3. The number of hydrogen-bond donors (Lipinski definition) is 1. The molecule has 0 spiro atoms. The summed E-state index contributed by atoms with van der Waals surface area (Å²) in [7, 11) is 0. The molecule has 2 N–H and O–H groups in total. The first-order valence-electron chi connectivity index (χ1n) is 5.63. The normalized spacial score (nSPS) is 11.9. The Morgan fingerprint density at radius 3 is 2.56 bits per heavy atom. The maximum absolute atomic E-state index is 11.7. The maximum atomic E-state index is 11.7. The van der Waals surface area contributed by atoms with Gasteiger partial charge in [-0.05, 0) is 43.0 Å². The van der Waals surface area contributed by atoms with Gasteiger partial charge in [0.25, 0.3) is 0 Å². The first kappa shape index (κ1) is 17.2. The van der Waals surface area contributed by atoms with Gasteiger partial charge in [-0.15, -0.1) is 12.4 Å². The molecule has 102 valence electrons. The van der Waals surface area contributed by atoms with Crippen molar-refractivity contribution in [3.63, 3.8) is 0 Å². The predicted octanol–water partition coefficient (Wildman–Crippen LogP) is 3.35. The summed E-state index contributed by atoms with van der Waals surface area (Å²) in [6.45, 7) is 5.86. The molecule has 0 saturated carbocycles. The van der Waals surface area contributed by atoms with Crippen molar-refractivity contribution in [2.45, 2.75) is 33.2 Å². The largest absolute Gasteiger partial charge is 0.425 e. The molecule has 0 radical (unpaired) electrons. The minimum Gasteiger partial charge on any atom is -0.425 e. The van der Waals surface area contributed by atoms with Gasteiger partial charge in [0.2, 0.25) is 0 Å². The Bertz CT molecular complexity index is 408. The minimum atomic E-state index is -0.579. The topological polar surface area (TPSA) is 52.3 Å². The molecular formula is C13H19Cl2NO2. The van der Waals surface area contributed by atoms with Gasteiger partial charge < -0.3 is 10.5 Å². The van der Waals surface area contributed by atoms with E-state index in [1.54, 1.807) is 18.2 Å². The summed E-state index contributed by atoms with van der Waals surface area (Å²) in [5, 5.41) is 0.619. The molecule has 0 aliphatic heterocycles. The second kappa shape index (κ2) is 7.62. The van der Waals surface area contributed by atoms with Crippen molar-refractivity contribution >= 4 is 30.0 Å². The van der Waals surface area contributed by atoms with Crippen LogP contribution in [0.5, 0.6) is 5.75 Å². The molecule has 1 aromatic rings. The molecule has 0 fully saturated rings. The minimum absolute atomic E-state index is 0. The summed E-state index contributed by atoms with van der Waals surface area (Å²) >= 11 is 5.82. The van der Waals surface area contributed by atoms with E-state index in [0.717, 1.165) is 5.56 Å². The number of ether oxygens (including phenoxy) is 1. The second-order valence-electron chi connectivity index (χ2n) is 4.57. The van der Waals surface area contributed by atoms with Crippen LogP contribution in [-0.2, 0) is 4.79 Å². The third-order valence-electron chi connectivity index (χ3n) is 2.38. The number of carbonyl (C=O) groups is 1. The van der Waals surface area contributed by atoms with E-state index in [9.17, 15) is 4.79 Å². The lowest BCUT2D eigenvalue weighted by atomic mass is 10.0. The summed E-state index contributed by atoms with van der Waals surface area (Å²) in [6, 6.07) is 4.53. The van der Waals surface area contributed by atoms with Crippen LogP contribution in [0, 0.1) is 12.8 Å². The highest BCUT2D eigenvalue weighted by Crippen LogP contribution is 2.22. The Hall–Kier alpha value is -0.770. The van der Waals surface area contributed by atoms with Gasteiger partial charge in [0, 0.05) is 5.02 Å². The molecule has 0 aromatic heterocycles. The van der Waals surface area contributed by atoms with Gasteiger partial charge in [0.05, 0.1) is 0 Å². The summed E-state index contributed by atoms with van der Waals surface area (Å²) in [5.74, 6) is 0.478. The number of aryl methyl sites for hydroxylation is 1. The molecule has 5 heteroatoms. The Labute approximate surface area is 119 Å². The molecule has 0 saturated heterocycles. The van der Waals surface area contributed by atoms with Gasteiger partial charge in [0.1, 0.15) is 11.8 Å². The number of hydrogen-bond acceptors (Lipinski definition) is 3. The van der Waals surface area contributed by atoms with Crippen molar-refractivity contribution in [3.05, 3.63) is 28.8 Å². The third-order valence-corrected chi connectivity index (χ3v) is 2.61. The Balaban J connectivity index is 0.00000289. The monoisotopic (exact) mass is 291 g/mol. The van der Waals surface area contributed by atoms with Crippen molar-refractivity contribution in [1.82, 2.24) is 0 Å². The van der Waals surface area contributed by atoms with Gasteiger partial charge >= 0.3 is 5.97 Å². The van der Waals surface area contributed by atoms with E-state index in [2.05, 4.69) is 0 Å². The fourth-order valence-electron chi connectivity index (χ4n) is 1.52. The molecule has 1 atom stereocenters. The predicted molar refractivity (Wildman–Crippen MR) is 76.5 cm³/mol. The molecule has 0 bridgehead atoms. The smallest absolute Gasteiger partial charge is 0.328 e. The Morgan fingerprint density at radius 2 is 2.06 bits per heavy atom. The highest BCUT2D eigenvalue weighted by Gasteiger charge is 2.17. The number of carbonyl (C=O) groups excluding carboxylic acids is 1. The fourth-order valence-corrected chi connectivity index (χ4v) is 1.74. The first-order valence-corrected chi connectivity index (χ1v) is 6.01. The standard InChI is InChI=1S/C13H18ClNO2.ClH/c1-8(2)6-11(15)13(16)17-12-5-4-10(14)7-9(12)3;/h4-5,7-8,11H,6,15H2,1-3H3;1H/t11-;/m0./s1. The first-order chi connectivity index (χ1) is 7.90. The molecule has 0 aliphatic carbocycles. The molecule has 0 unspecified atom stereocenters. The van der Waals surface area contributed by atoms with Crippen LogP contribution in [0.2, 0.25) is 5.02 Å². The Morgan fingerprint density at radius 1 is 1.44 bits per heavy atom. The van der Waals surface area contributed by atoms with Gasteiger partial charge in [-0.25, -0.2) is 4.79 Å². The summed E-state index contributed by atoms with van der Waals surface area (Å²) in [5.41, 5.74) is 6.57. The van der Waals surface area contributed by atoms with Crippen LogP contribution in [0.3, 0.4) is 0 Å². The molecule has 18 heavy (non-hydrogen) atoms.